The summed E-state index contributed by atoms with van der Waals surface area (Å²) in [5.74, 6) is 0.687. The summed E-state index contributed by atoms with van der Waals surface area (Å²) in [6.07, 6.45) is 4.51. The van der Waals surface area contributed by atoms with Gasteiger partial charge in [-0.2, -0.15) is 0 Å². The van der Waals surface area contributed by atoms with Gasteiger partial charge >= 0.3 is 0 Å². The van der Waals surface area contributed by atoms with Crippen molar-refractivity contribution >= 4 is 33.7 Å². The van der Waals surface area contributed by atoms with Gasteiger partial charge in [0, 0.05) is 25.6 Å². The smallest absolute Gasteiger partial charge is 0.228 e. The second-order valence-corrected chi connectivity index (χ2v) is 8.07. The van der Waals surface area contributed by atoms with Crippen LogP contribution in [0.5, 0.6) is 5.88 Å². The number of ether oxygens (including phenoxy) is 1. The number of aliphatic imine (C=N–C) groups is 1. The van der Waals surface area contributed by atoms with Crippen LogP contribution in [0.4, 0.5) is 5.69 Å². The van der Waals surface area contributed by atoms with Crippen molar-refractivity contribution in [2.75, 3.05) is 13.6 Å². The molecule has 0 N–H and O–H groups in total. The monoisotopic (exact) mass is 443 g/mol. The summed E-state index contributed by atoms with van der Waals surface area (Å²) in [5.41, 5.74) is 4.90. The number of carbonyl (C=O) groups is 1. The van der Waals surface area contributed by atoms with Gasteiger partial charge < -0.3 is 9.64 Å². The van der Waals surface area contributed by atoms with Crippen LogP contribution in [-0.4, -0.2) is 41.7 Å². The maximum Gasteiger partial charge on any atom is 0.228 e. The zero-order chi connectivity index (χ0) is 20.3. The lowest BCUT2D eigenvalue weighted by atomic mass is 9.88. The van der Waals surface area contributed by atoms with Crippen LogP contribution >= 0.6 is 15.9 Å². The van der Waals surface area contributed by atoms with Gasteiger partial charge in [-0.1, -0.05) is 12.1 Å². The molecule has 2 aromatic rings. The summed E-state index contributed by atoms with van der Waals surface area (Å²) < 4.78 is 7.02. The van der Waals surface area contributed by atoms with Crippen molar-refractivity contribution in [2.45, 2.75) is 46.1 Å². The van der Waals surface area contributed by atoms with Gasteiger partial charge in [-0.25, -0.2) is 9.98 Å². The first-order valence-electron chi connectivity index (χ1n) is 9.58. The van der Waals surface area contributed by atoms with Crippen molar-refractivity contribution in [2.24, 2.45) is 4.99 Å². The third-order valence-electron chi connectivity index (χ3n) is 5.07. The Morgan fingerprint density at radius 3 is 2.89 bits per heavy atom. The zero-order valence-corrected chi connectivity index (χ0v) is 18.4. The quantitative estimate of drug-likeness (QED) is 0.361. The molecule has 28 heavy (non-hydrogen) atoms. The molecular weight excluding hydrogens is 418 g/mol. The number of ketones is 1. The molecule has 5 nitrogen and oxygen atoms in total. The maximum atomic E-state index is 11.7. The molecule has 1 aliphatic carbocycles. The molecule has 1 aromatic carbocycles. The molecule has 1 heterocycles. The average Bonchev–Trinajstić information content (AvgIpc) is 2.68. The number of Topliss-reactive ketones (excluding diaryl/α,β-unsaturated/α-hetero) is 1. The van der Waals surface area contributed by atoms with Gasteiger partial charge in [0.2, 0.25) is 5.88 Å². The summed E-state index contributed by atoms with van der Waals surface area (Å²) in [7, 11) is 1.98. The van der Waals surface area contributed by atoms with E-state index in [0.29, 0.717) is 5.88 Å². The largest absolute Gasteiger partial charge is 0.473 e. The summed E-state index contributed by atoms with van der Waals surface area (Å²) in [5, 5.41) is 0. The lowest BCUT2D eigenvalue weighted by molar-refractivity contribution is 0.101. The summed E-state index contributed by atoms with van der Waals surface area (Å²) >= 11 is 3.57. The van der Waals surface area contributed by atoms with E-state index in [4.69, 9.17) is 4.74 Å². The lowest BCUT2D eigenvalue weighted by Gasteiger charge is -2.26. The third kappa shape index (κ3) is 4.79. The van der Waals surface area contributed by atoms with Gasteiger partial charge in [-0.05, 0) is 72.8 Å². The molecule has 0 saturated carbocycles. The van der Waals surface area contributed by atoms with Crippen LogP contribution in [0.3, 0.4) is 0 Å². The van der Waals surface area contributed by atoms with Crippen LogP contribution in [0.1, 0.15) is 47.4 Å². The van der Waals surface area contributed by atoms with Crippen molar-refractivity contribution in [3.8, 4) is 5.88 Å². The van der Waals surface area contributed by atoms with Crippen LogP contribution in [0, 0.1) is 6.92 Å². The number of hydrogen-bond donors (Lipinski definition) is 0. The van der Waals surface area contributed by atoms with Crippen molar-refractivity contribution in [3.63, 3.8) is 0 Å². The Hall–Kier alpha value is -2.21. The SMILES string of the molecule is CCN(C)/C=N/c1cc(Br)c(OC2CCc3ccc(C(C)=O)cc3C2)nc1C. The Bertz CT molecular complexity index is 911. The fourth-order valence-electron chi connectivity index (χ4n) is 3.21. The van der Waals surface area contributed by atoms with Crippen molar-refractivity contribution in [1.82, 2.24) is 9.88 Å². The predicted octanol–water partition coefficient (Wildman–Crippen LogP) is 4.90. The molecule has 6 heteroatoms. The highest BCUT2D eigenvalue weighted by atomic mass is 79.9. The summed E-state index contributed by atoms with van der Waals surface area (Å²) in [6.45, 7) is 6.51. The normalized spacial score (nSPS) is 16.1. The highest BCUT2D eigenvalue weighted by Crippen LogP contribution is 2.32. The van der Waals surface area contributed by atoms with E-state index >= 15 is 0 Å². The number of hydrogen-bond acceptors (Lipinski definition) is 4. The van der Waals surface area contributed by atoms with Crippen molar-refractivity contribution in [1.29, 1.82) is 0 Å². The first-order chi connectivity index (χ1) is 13.4. The molecule has 0 aliphatic heterocycles. The van der Waals surface area contributed by atoms with Crippen LogP contribution in [0.15, 0.2) is 33.7 Å². The number of aromatic nitrogens is 1. The highest BCUT2D eigenvalue weighted by molar-refractivity contribution is 9.10. The minimum atomic E-state index is 0.0403. The third-order valence-corrected chi connectivity index (χ3v) is 5.64. The fraction of sp³-hybridized carbons (Fsp3) is 0.409. The average molecular weight is 444 g/mol. The molecule has 0 fully saturated rings. The van der Waals surface area contributed by atoms with Crippen LogP contribution in [0.2, 0.25) is 0 Å². The molecule has 1 unspecified atom stereocenters. The minimum Gasteiger partial charge on any atom is -0.473 e. The van der Waals surface area contributed by atoms with Gasteiger partial charge in [0.1, 0.15) is 6.10 Å². The fourth-order valence-corrected chi connectivity index (χ4v) is 3.61. The Morgan fingerprint density at radius 2 is 2.18 bits per heavy atom. The second kappa shape index (κ2) is 8.86. The first-order valence-corrected chi connectivity index (χ1v) is 10.4. The number of carbonyl (C=O) groups excluding carboxylic acids is 1. The number of fused-ring (bicyclic) bond motifs is 1. The minimum absolute atomic E-state index is 0.0403. The number of pyridine rings is 1. The van der Waals surface area contributed by atoms with E-state index in [9.17, 15) is 4.79 Å². The number of halogens is 1. The Kier molecular flexibility index (Phi) is 6.50. The summed E-state index contributed by atoms with van der Waals surface area (Å²) in [4.78, 5) is 22.8. The van der Waals surface area contributed by atoms with Crippen LogP contribution in [-0.2, 0) is 12.8 Å². The van der Waals surface area contributed by atoms with Gasteiger partial charge in [0.15, 0.2) is 5.78 Å². The molecule has 0 radical (unpaired) electrons. The van der Waals surface area contributed by atoms with Gasteiger partial charge in [0.05, 0.1) is 22.2 Å². The van der Waals surface area contributed by atoms with E-state index in [-0.39, 0.29) is 11.9 Å². The molecule has 3 rings (SSSR count). The maximum absolute atomic E-state index is 11.7. The topological polar surface area (TPSA) is 54.8 Å². The van der Waals surface area contributed by atoms with Crippen molar-refractivity contribution in [3.05, 3.63) is 51.1 Å². The zero-order valence-electron chi connectivity index (χ0n) is 16.8. The van der Waals surface area contributed by atoms with Gasteiger partial charge in [0.25, 0.3) is 0 Å². The molecule has 1 aliphatic rings. The molecule has 1 aromatic heterocycles. The van der Waals surface area contributed by atoms with Crippen LogP contribution in [0.25, 0.3) is 0 Å². The van der Waals surface area contributed by atoms with E-state index < -0.39 is 0 Å². The second-order valence-electron chi connectivity index (χ2n) is 7.22. The first kappa shape index (κ1) is 20.5. The van der Waals surface area contributed by atoms with E-state index in [2.05, 4.69) is 38.9 Å². The number of nitrogens with zero attached hydrogens (tertiary/aromatic N) is 3. The van der Waals surface area contributed by atoms with E-state index in [1.165, 1.54) is 11.1 Å². The molecule has 0 saturated heterocycles. The lowest BCUT2D eigenvalue weighted by Crippen LogP contribution is -2.26. The Labute approximate surface area is 175 Å². The van der Waals surface area contributed by atoms with Crippen molar-refractivity contribution < 1.29 is 9.53 Å². The number of rotatable bonds is 6. The standard InChI is InChI=1S/C22H26BrN3O2/c1-5-26(4)13-24-21-12-20(23)22(25-14(21)2)28-19-9-8-16-6-7-17(15(3)27)10-18(16)11-19/h6-7,10,12-13,19H,5,8-9,11H2,1-4H3/b24-13+. The van der Waals surface area contributed by atoms with Gasteiger partial charge in [-0.15, -0.1) is 0 Å². The highest BCUT2D eigenvalue weighted by Gasteiger charge is 2.22. The van der Waals surface area contributed by atoms with E-state index in [0.717, 1.165) is 47.2 Å². The molecular formula is C22H26BrN3O2. The Morgan fingerprint density at radius 1 is 1.39 bits per heavy atom. The molecule has 0 spiro atoms. The van der Waals surface area contributed by atoms with Gasteiger partial charge in [-0.3, -0.25) is 4.79 Å². The Balaban J connectivity index is 1.75. The number of benzene rings is 1. The molecule has 1 atom stereocenters. The number of aryl methyl sites for hydroxylation is 2. The van der Waals surface area contributed by atoms with E-state index in [1.807, 2.05) is 43.4 Å². The van der Waals surface area contributed by atoms with Crippen LogP contribution < -0.4 is 4.74 Å². The van der Waals surface area contributed by atoms with E-state index in [1.54, 1.807) is 6.92 Å². The molecule has 0 bridgehead atoms. The molecule has 0 amide bonds. The summed E-state index contributed by atoms with van der Waals surface area (Å²) in [6, 6.07) is 7.94. The predicted molar refractivity (Wildman–Crippen MR) is 116 cm³/mol. The molecule has 148 valence electrons.